The maximum atomic E-state index is 11.8. The first kappa shape index (κ1) is 17.3. The van der Waals surface area contributed by atoms with Crippen molar-refractivity contribution in [3.8, 4) is 0 Å². The van der Waals surface area contributed by atoms with E-state index in [9.17, 15) is 26.9 Å². The number of hydrogen-bond donors (Lipinski definition) is 2. The average Bonchev–Trinajstić information content (AvgIpc) is 2.66. The van der Waals surface area contributed by atoms with Gasteiger partial charge in [-0.2, -0.15) is 0 Å². The summed E-state index contributed by atoms with van der Waals surface area (Å²) in [6, 6.07) is 0.842. The maximum absolute atomic E-state index is 11.8. The summed E-state index contributed by atoms with van der Waals surface area (Å²) in [4.78, 5) is 9.77. The van der Waals surface area contributed by atoms with E-state index in [0.717, 1.165) is 6.07 Å². The Labute approximate surface area is 124 Å². The third-order valence-corrected chi connectivity index (χ3v) is 6.14. The topological polar surface area (TPSA) is 149 Å². The van der Waals surface area contributed by atoms with Gasteiger partial charge < -0.3 is 0 Å². The van der Waals surface area contributed by atoms with Gasteiger partial charge in [0.1, 0.15) is 4.21 Å². The normalized spacial score (nSPS) is 12.5. The van der Waals surface area contributed by atoms with Crippen molar-refractivity contribution in [2.24, 2.45) is 5.14 Å². The number of nitro groups is 1. The molecule has 0 aliphatic heterocycles. The highest BCUT2D eigenvalue weighted by Gasteiger charge is 2.24. The van der Waals surface area contributed by atoms with E-state index < -0.39 is 30.7 Å². The van der Waals surface area contributed by atoms with Crippen LogP contribution in [0.4, 0.5) is 5.69 Å². The second-order valence-corrected chi connectivity index (χ2v) is 8.98. The van der Waals surface area contributed by atoms with E-state index in [2.05, 4.69) is 4.72 Å². The number of nitrogens with two attached hydrogens (primary N) is 1. The number of thiophene rings is 1. The smallest absolute Gasteiger partial charge is 0.258 e. The Kier molecular flexibility index (Phi) is 5.46. The summed E-state index contributed by atoms with van der Waals surface area (Å²) < 4.78 is 46.4. The molecular weight excluding hydrogens is 354 g/mol. The lowest BCUT2D eigenvalue weighted by Gasteiger charge is -2.03. The molecule has 0 radical (unpaired) electrons. The first-order valence-electron chi connectivity index (χ1n) is 4.97. The molecule has 1 aromatic heterocycles. The number of primary sulfonamides is 1. The second kappa shape index (κ2) is 6.32. The molecule has 0 bridgehead atoms. The first-order chi connectivity index (χ1) is 9.03. The lowest BCUT2D eigenvalue weighted by atomic mass is 10.5. The summed E-state index contributed by atoms with van der Waals surface area (Å²) in [5, 5.41) is 15.3. The Morgan fingerprint density at radius 3 is 2.45 bits per heavy atom. The molecule has 13 heteroatoms. The SMILES string of the molecule is NS(=O)(=O)CCCNS(=O)(=O)c1cc([N+](=O)[O-])c(Cl)s1. The zero-order valence-electron chi connectivity index (χ0n) is 9.78. The van der Waals surface area contributed by atoms with Crippen LogP contribution < -0.4 is 9.86 Å². The van der Waals surface area contributed by atoms with Gasteiger partial charge in [0.2, 0.25) is 20.0 Å². The van der Waals surface area contributed by atoms with Crippen LogP contribution >= 0.6 is 22.9 Å². The minimum Gasteiger partial charge on any atom is -0.258 e. The van der Waals surface area contributed by atoms with Gasteiger partial charge in [-0.1, -0.05) is 11.6 Å². The van der Waals surface area contributed by atoms with E-state index >= 15 is 0 Å². The molecule has 0 amide bonds. The highest BCUT2D eigenvalue weighted by atomic mass is 35.5. The molecule has 1 rings (SSSR count). The van der Waals surface area contributed by atoms with Gasteiger partial charge in [-0.25, -0.2) is 26.7 Å². The summed E-state index contributed by atoms with van der Waals surface area (Å²) >= 11 is 6.10. The third-order valence-electron chi connectivity index (χ3n) is 2.01. The molecule has 0 aliphatic rings. The van der Waals surface area contributed by atoms with Gasteiger partial charge in [0.25, 0.3) is 5.69 Å². The van der Waals surface area contributed by atoms with Crippen molar-refractivity contribution < 1.29 is 21.8 Å². The van der Waals surface area contributed by atoms with Crippen LogP contribution in [-0.2, 0) is 20.0 Å². The third kappa shape index (κ3) is 4.96. The van der Waals surface area contributed by atoms with Crippen LogP contribution in [-0.4, -0.2) is 34.1 Å². The molecule has 0 unspecified atom stereocenters. The van der Waals surface area contributed by atoms with Gasteiger partial charge >= 0.3 is 0 Å². The van der Waals surface area contributed by atoms with Crippen molar-refractivity contribution in [1.29, 1.82) is 0 Å². The van der Waals surface area contributed by atoms with Crippen LogP contribution in [0, 0.1) is 10.1 Å². The van der Waals surface area contributed by atoms with Gasteiger partial charge in [0.15, 0.2) is 4.34 Å². The second-order valence-electron chi connectivity index (χ2n) is 3.60. The summed E-state index contributed by atoms with van der Waals surface area (Å²) in [6.45, 7) is -0.165. The molecule has 3 N–H and O–H groups in total. The average molecular weight is 364 g/mol. The fraction of sp³-hybridized carbons (Fsp3) is 0.429. The van der Waals surface area contributed by atoms with Crippen LogP contribution in [0.2, 0.25) is 4.34 Å². The van der Waals surface area contributed by atoms with Crippen LogP contribution in [0.3, 0.4) is 0 Å². The van der Waals surface area contributed by atoms with Crippen molar-refractivity contribution in [2.75, 3.05) is 12.3 Å². The van der Waals surface area contributed by atoms with Crippen LogP contribution in [0.5, 0.6) is 0 Å². The summed E-state index contributed by atoms with van der Waals surface area (Å²) in [5.41, 5.74) is -0.499. The molecule has 1 heterocycles. The Morgan fingerprint density at radius 1 is 1.40 bits per heavy atom. The predicted octanol–water partition coefficient (Wildman–Crippen LogP) is 0.267. The van der Waals surface area contributed by atoms with E-state index in [0.29, 0.717) is 11.3 Å². The summed E-state index contributed by atoms with van der Waals surface area (Å²) in [7, 11) is -7.63. The van der Waals surface area contributed by atoms with Crippen molar-refractivity contribution >= 4 is 48.7 Å². The predicted molar refractivity (Wildman–Crippen MR) is 73.8 cm³/mol. The Bertz CT molecular complexity index is 710. The molecule has 0 atom stereocenters. The monoisotopic (exact) mass is 363 g/mol. The Hall–Kier alpha value is -0.790. The number of nitrogens with one attached hydrogen (secondary N) is 1. The lowest BCUT2D eigenvalue weighted by Crippen LogP contribution is -2.27. The van der Waals surface area contributed by atoms with E-state index in [-0.39, 0.29) is 27.3 Å². The van der Waals surface area contributed by atoms with Gasteiger partial charge in [-0.05, 0) is 6.42 Å². The molecule has 9 nitrogen and oxygen atoms in total. The largest absolute Gasteiger partial charge is 0.300 e. The van der Waals surface area contributed by atoms with Gasteiger partial charge in [0, 0.05) is 12.6 Å². The number of nitrogens with zero attached hydrogens (tertiary/aromatic N) is 1. The molecule has 0 fully saturated rings. The molecule has 20 heavy (non-hydrogen) atoms. The fourth-order valence-corrected chi connectivity index (χ4v) is 4.48. The van der Waals surface area contributed by atoms with Gasteiger partial charge in [-0.3, -0.25) is 10.1 Å². The van der Waals surface area contributed by atoms with Crippen molar-refractivity contribution in [2.45, 2.75) is 10.6 Å². The number of halogens is 1. The van der Waals surface area contributed by atoms with Crippen LogP contribution in [0.1, 0.15) is 6.42 Å². The minimum absolute atomic E-state index is 0.0146. The Balaban J connectivity index is 2.75. The molecule has 114 valence electrons. The lowest BCUT2D eigenvalue weighted by molar-refractivity contribution is -0.384. The standard InChI is InChI=1S/C7H10ClN3O6S3/c8-7-5(11(12)13)4-6(18-7)20(16,17)10-2-1-3-19(9,14)15/h4,10H,1-3H2,(H2,9,14,15). The van der Waals surface area contributed by atoms with Crippen molar-refractivity contribution in [1.82, 2.24) is 4.72 Å². The molecule has 0 saturated heterocycles. The molecule has 0 saturated carbocycles. The number of hydrogen-bond acceptors (Lipinski definition) is 7. The van der Waals surface area contributed by atoms with Gasteiger partial charge in [-0.15, -0.1) is 11.3 Å². The van der Waals surface area contributed by atoms with Gasteiger partial charge in [0.05, 0.1) is 10.7 Å². The minimum atomic E-state index is -3.97. The zero-order valence-corrected chi connectivity index (χ0v) is 13.0. The quantitative estimate of drug-likeness (QED) is 0.403. The number of rotatable bonds is 7. The summed E-state index contributed by atoms with van der Waals surface area (Å²) in [6.07, 6.45) is -0.0146. The fourth-order valence-electron chi connectivity index (χ4n) is 1.15. The number of sulfonamides is 2. The molecule has 0 aromatic carbocycles. The Morgan fingerprint density at radius 2 is 2.00 bits per heavy atom. The van der Waals surface area contributed by atoms with E-state index in [1.165, 1.54) is 0 Å². The zero-order chi connectivity index (χ0) is 15.6. The molecule has 1 aromatic rings. The highest BCUT2D eigenvalue weighted by molar-refractivity contribution is 7.91. The van der Waals surface area contributed by atoms with E-state index in [4.69, 9.17) is 16.7 Å². The van der Waals surface area contributed by atoms with Crippen molar-refractivity contribution in [3.05, 3.63) is 20.5 Å². The molecular formula is C7H10ClN3O6S3. The van der Waals surface area contributed by atoms with E-state index in [1.807, 2.05) is 0 Å². The van der Waals surface area contributed by atoms with Crippen molar-refractivity contribution in [3.63, 3.8) is 0 Å². The summed E-state index contributed by atoms with van der Waals surface area (Å²) in [5.74, 6) is -0.374. The molecule has 0 aliphatic carbocycles. The van der Waals surface area contributed by atoms with Crippen LogP contribution in [0.15, 0.2) is 10.3 Å². The van der Waals surface area contributed by atoms with E-state index in [1.54, 1.807) is 0 Å². The maximum Gasteiger partial charge on any atom is 0.300 e. The van der Waals surface area contributed by atoms with Crippen LogP contribution in [0.25, 0.3) is 0 Å². The highest BCUT2D eigenvalue weighted by Crippen LogP contribution is 2.35. The molecule has 0 spiro atoms. The first-order valence-corrected chi connectivity index (χ1v) is 9.36.